The highest BCUT2D eigenvalue weighted by Gasteiger charge is 2.20. The van der Waals surface area contributed by atoms with Gasteiger partial charge < -0.3 is 14.6 Å². The van der Waals surface area contributed by atoms with Crippen LogP contribution in [0.15, 0.2) is 36.4 Å². The molecule has 0 amide bonds. The average Bonchev–Trinajstić information content (AvgIpc) is 2.46. The molecule has 0 fully saturated rings. The first-order chi connectivity index (χ1) is 9.60. The third kappa shape index (κ3) is 2.60. The Balaban J connectivity index is 2.51. The molecule has 0 aromatic heterocycles. The highest BCUT2D eigenvalue weighted by molar-refractivity contribution is 6.33. The zero-order valence-corrected chi connectivity index (χ0v) is 12.4. The van der Waals surface area contributed by atoms with Crippen molar-refractivity contribution in [3.8, 4) is 11.5 Å². The second-order valence-electron chi connectivity index (χ2n) is 4.46. The number of hydrogen-bond donors (Lipinski definition) is 1. The largest absolute Gasteiger partial charge is 0.493 e. The number of benzene rings is 2. The molecule has 4 heteroatoms. The monoisotopic (exact) mass is 292 g/mol. The Morgan fingerprint density at radius 3 is 2.30 bits per heavy atom. The van der Waals surface area contributed by atoms with Gasteiger partial charge in [-0.15, -0.1) is 0 Å². The lowest BCUT2D eigenvalue weighted by Gasteiger charge is -2.18. The molecule has 1 atom stereocenters. The van der Waals surface area contributed by atoms with E-state index in [1.54, 1.807) is 19.2 Å². The molecular weight excluding hydrogens is 276 g/mol. The molecule has 0 aliphatic carbocycles. The van der Waals surface area contributed by atoms with Crippen LogP contribution in [0, 0.1) is 6.92 Å². The van der Waals surface area contributed by atoms with E-state index in [0.717, 1.165) is 11.1 Å². The van der Waals surface area contributed by atoms with Crippen LogP contribution in [-0.2, 0) is 0 Å². The van der Waals surface area contributed by atoms with Crippen LogP contribution >= 0.6 is 11.6 Å². The molecule has 106 valence electrons. The molecule has 2 rings (SSSR count). The molecule has 3 nitrogen and oxygen atoms in total. The number of halogens is 1. The molecule has 0 radical (unpaired) electrons. The van der Waals surface area contributed by atoms with Gasteiger partial charge in [-0.2, -0.15) is 0 Å². The van der Waals surface area contributed by atoms with Crippen LogP contribution in [-0.4, -0.2) is 19.3 Å². The van der Waals surface area contributed by atoms with Crippen LogP contribution in [0.2, 0.25) is 5.02 Å². The van der Waals surface area contributed by atoms with Crippen molar-refractivity contribution in [2.75, 3.05) is 14.2 Å². The zero-order valence-electron chi connectivity index (χ0n) is 11.7. The summed E-state index contributed by atoms with van der Waals surface area (Å²) in [7, 11) is 3.07. The molecule has 0 bridgehead atoms. The maximum atomic E-state index is 10.6. The Hall–Kier alpha value is -1.71. The van der Waals surface area contributed by atoms with Crippen LogP contribution < -0.4 is 9.47 Å². The quantitative estimate of drug-likeness (QED) is 0.933. The Morgan fingerprint density at radius 1 is 1.00 bits per heavy atom. The maximum absolute atomic E-state index is 10.6. The summed E-state index contributed by atoms with van der Waals surface area (Å²) >= 11 is 6.32. The van der Waals surface area contributed by atoms with Gasteiger partial charge in [-0.25, -0.2) is 0 Å². The Labute approximate surface area is 123 Å². The van der Waals surface area contributed by atoms with Gasteiger partial charge in [0.2, 0.25) is 0 Å². The van der Waals surface area contributed by atoms with Crippen LogP contribution in [0.25, 0.3) is 0 Å². The number of hydrogen-bond acceptors (Lipinski definition) is 3. The Bertz CT molecular complexity index is 611. The second-order valence-corrected chi connectivity index (χ2v) is 4.84. The van der Waals surface area contributed by atoms with Crippen LogP contribution in [0.4, 0.5) is 0 Å². The van der Waals surface area contributed by atoms with Gasteiger partial charge >= 0.3 is 0 Å². The van der Waals surface area contributed by atoms with Crippen molar-refractivity contribution >= 4 is 11.6 Å². The molecule has 0 aliphatic rings. The molecule has 0 saturated heterocycles. The van der Waals surface area contributed by atoms with Crippen molar-refractivity contribution < 1.29 is 14.6 Å². The number of aryl methyl sites for hydroxylation is 1. The number of ether oxygens (including phenoxy) is 2. The van der Waals surface area contributed by atoms with Gasteiger partial charge in [0, 0.05) is 5.56 Å². The van der Waals surface area contributed by atoms with E-state index in [9.17, 15) is 5.11 Å². The highest BCUT2D eigenvalue weighted by atomic mass is 35.5. The number of methoxy groups -OCH3 is 2. The van der Waals surface area contributed by atoms with E-state index in [2.05, 4.69) is 0 Å². The lowest BCUT2D eigenvalue weighted by molar-refractivity contribution is 0.219. The van der Waals surface area contributed by atoms with Crippen LogP contribution in [0.1, 0.15) is 22.8 Å². The van der Waals surface area contributed by atoms with Gasteiger partial charge in [-0.1, -0.05) is 41.9 Å². The number of rotatable bonds is 4. The fourth-order valence-electron chi connectivity index (χ4n) is 2.18. The summed E-state index contributed by atoms with van der Waals surface area (Å²) in [4.78, 5) is 0. The summed E-state index contributed by atoms with van der Waals surface area (Å²) < 4.78 is 10.4. The van der Waals surface area contributed by atoms with Gasteiger partial charge in [0.25, 0.3) is 0 Å². The third-order valence-electron chi connectivity index (χ3n) is 3.29. The summed E-state index contributed by atoms with van der Waals surface area (Å²) in [5.74, 6) is 0.970. The van der Waals surface area contributed by atoms with Gasteiger partial charge in [0.05, 0.1) is 19.2 Å². The lowest BCUT2D eigenvalue weighted by Crippen LogP contribution is -2.04. The fraction of sp³-hybridized carbons (Fsp3) is 0.250. The molecule has 1 unspecified atom stereocenters. The smallest absolute Gasteiger partial charge is 0.179 e. The highest BCUT2D eigenvalue weighted by Crippen LogP contribution is 2.41. The minimum Gasteiger partial charge on any atom is -0.493 e. The normalized spacial score (nSPS) is 12.1. The fourth-order valence-corrected chi connectivity index (χ4v) is 2.51. The van der Waals surface area contributed by atoms with Gasteiger partial charge in [-0.3, -0.25) is 0 Å². The van der Waals surface area contributed by atoms with E-state index in [1.165, 1.54) is 7.11 Å². The molecule has 0 spiro atoms. The van der Waals surface area contributed by atoms with Crippen molar-refractivity contribution in [1.29, 1.82) is 0 Å². The first kappa shape index (κ1) is 14.7. The van der Waals surface area contributed by atoms with Crippen molar-refractivity contribution in [3.63, 3.8) is 0 Å². The van der Waals surface area contributed by atoms with Gasteiger partial charge in [0.15, 0.2) is 11.5 Å². The molecule has 2 aromatic rings. The van der Waals surface area contributed by atoms with E-state index < -0.39 is 6.10 Å². The van der Waals surface area contributed by atoms with Crippen LogP contribution in [0.5, 0.6) is 11.5 Å². The molecular formula is C16H17ClO3. The summed E-state index contributed by atoms with van der Waals surface area (Å²) in [6.45, 7) is 1.95. The third-order valence-corrected chi connectivity index (χ3v) is 3.68. The minimum absolute atomic E-state index is 0.364. The van der Waals surface area contributed by atoms with Crippen molar-refractivity contribution in [2.45, 2.75) is 13.0 Å². The van der Waals surface area contributed by atoms with Crippen molar-refractivity contribution in [1.82, 2.24) is 0 Å². The predicted octanol–water partition coefficient (Wildman–Crippen LogP) is 3.75. The molecule has 0 heterocycles. The van der Waals surface area contributed by atoms with E-state index in [4.69, 9.17) is 21.1 Å². The summed E-state index contributed by atoms with van der Waals surface area (Å²) in [6, 6.07) is 11.1. The first-order valence-electron chi connectivity index (χ1n) is 6.24. The molecule has 2 aromatic carbocycles. The van der Waals surface area contributed by atoms with E-state index >= 15 is 0 Å². The molecule has 0 aliphatic heterocycles. The number of aliphatic hydroxyl groups is 1. The first-order valence-corrected chi connectivity index (χ1v) is 6.62. The average molecular weight is 293 g/mol. The molecule has 0 saturated carbocycles. The maximum Gasteiger partial charge on any atom is 0.179 e. The molecule has 1 N–H and O–H groups in total. The Kier molecular flexibility index (Phi) is 4.53. The summed E-state index contributed by atoms with van der Waals surface area (Å²) in [6.07, 6.45) is -0.802. The van der Waals surface area contributed by atoms with Crippen molar-refractivity contribution in [3.05, 3.63) is 58.1 Å². The Morgan fingerprint density at radius 2 is 1.70 bits per heavy atom. The zero-order chi connectivity index (χ0) is 14.7. The minimum atomic E-state index is -0.802. The van der Waals surface area contributed by atoms with E-state index in [-0.39, 0.29) is 0 Å². The van der Waals surface area contributed by atoms with E-state index in [1.807, 2.05) is 31.2 Å². The number of aliphatic hydroxyl groups excluding tert-OH is 1. The predicted molar refractivity (Wildman–Crippen MR) is 79.8 cm³/mol. The van der Waals surface area contributed by atoms with E-state index in [0.29, 0.717) is 22.1 Å². The lowest BCUT2D eigenvalue weighted by atomic mass is 9.97. The van der Waals surface area contributed by atoms with Crippen molar-refractivity contribution in [2.24, 2.45) is 0 Å². The van der Waals surface area contributed by atoms with Gasteiger partial charge in [-0.05, 0) is 24.1 Å². The standard InChI is InChI=1S/C16H17ClO3/c1-10-6-4-5-7-11(10)15(18)12-8-9-13(19-2)16(20-3)14(12)17/h4-9,15,18H,1-3H3. The summed E-state index contributed by atoms with van der Waals surface area (Å²) in [5, 5.41) is 10.9. The summed E-state index contributed by atoms with van der Waals surface area (Å²) in [5.41, 5.74) is 2.42. The second kappa shape index (κ2) is 6.16. The van der Waals surface area contributed by atoms with Crippen LogP contribution in [0.3, 0.4) is 0 Å². The SMILES string of the molecule is COc1ccc(C(O)c2ccccc2C)c(Cl)c1OC. The topological polar surface area (TPSA) is 38.7 Å². The molecule has 20 heavy (non-hydrogen) atoms. The van der Waals surface area contributed by atoms with Gasteiger partial charge in [0.1, 0.15) is 6.10 Å².